The van der Waals surface area contributed by atoms with E-state index >= 15 is 0 Å². The predicted octanol–water partition coefficient (Wildman–Crippen LogP) is 2.79. The minimum Gasteiger partial charge on any atom is -0.485 e. The molecule has 2 aromatic carbocycles. The summed E-state index contributed by atoms with van der Waals surface area (Å²) in [6.07, 6.45) is 0. The van der Waals surface area contributed by atoms with Crippen molar-refractivity contribution < 1.29 is 9.53 Å². The van der Waals surface area contributed by atoms with Gasteiger partial charge in [0.1, 0.15) is 5.75 Å². The van der Waals surface area contributed by atoms with Gasteiger partial charge in [0.25, 0.3) is 0 Å². The number of H-pyrrole nitrogens is 1. The molecular weight excluding hydrogens is 266 g/mol. The van der Waals surface area contributed by atoms with Crippen molar-refractivity contribution in [3.8, 4) is 5.75 Å². The molecule has 0 spiro atoms. The number of carbonyl (C=O) groups excluding carboxylic acids is 1. The molecule has 0 atom stereocenters. The molecule has 0 aliphatic carbocycles. The van der Waals surface area contributed by atoms with E-state index in [1.807, 2.05) is 18.2 Å². The number of hydrogen-bond donors (Lipinski definition) is 1. The SMILES string of the molecule is O=C(COc1ccc2[nH]c(=O)ccc2c1)c1ccccc1. The van der Waals surface area contributed by atoms with E-state index in [-0.39, 0.29) is 17.9 Å². The maximum atomic E-state index is 12.0. The molecule has 0 bridgehead atoms. The van der Waals surface area contributed by atoms with E-state index < -0.39 is 0 Å². The molecule has 0 radical (unpaired) electrons. The number of aromatic nitrogens is 1. The summed E-state index contributed by atoms with van der Waals surface area (Å²) in [6.45, 7) is -0.0150. The van der Waals surface area contributed by atoms with Crippen LogP contribution in [-0.2, 0) is 0 Å². The third kappa shape index (κ3) is 3.00. The van der Waals surface area contributed by atoms with Crippen LogP contribution >= 0.6 is 0 Å². The average molecular weight is 279 g/mol. The fourth-order valence-electron chi connectivity index (χ4n) is 2.08. The fourth-order valence-corrected chi connectivity index (χ4v) is 2.08. The molecule has 3 aromatic rings. The molecule has 21 heavy (non-hydrogen) atoms. The Labute approximate surface area is 121 Å². The number of carbonyl (C=O) groups is 1. The van der Waals surface area contributed by atoms with Gasteiger partial charge >= 0.3 is 0 Å². The van der Waals surface area contributed by atoms with E-state index in [2.05, 4.69) is 4.98 Å². The number of hydrogen-bond acceptors (Lipinski definition) is 3. The molecule has 1 aromatic heterocycles. The average Bonchev–Trinajstić information content (AvgIpc) is 2.53. The number of nitrogens with one attached hydrogen (secondary N) is 1. The second-order valence-electron chi connectivity index (χ2n) is 4.65. The molecule has 0 amide bonds. The van der Waals surface area contributed by atoms with Crippen LogP contribution < -0.4 is 10.3 Å². The van der Waals surface area contributed by atoms with Crippen LogP contribution in [0.4, 0.5) is 0 Å². The first-order valence-electron chi connectivity index (χ1n) is 6.56. The van der Waals surface area contributed by atoms with Gasteiger partial charge < -0.3 is 9.72 Å². The van der Waals surface area contributed by atoms with Crippen molar-refractivity contribution in [1.82, 2.24) is 4.98 Å². The van der Waals surface area contributed by atoms with Gasteiger partial charge in [-0.25, -0.2) is 0 Å². The zero-order chi connectivity index (χ0) is 14.7. The van der Waals surface area contributed by atoms with E-state index in [0.29, 0.717) is 11.3 Å². The Hall–Kier alpha value is -2.88. The quantitative estimate of drug-likeness (QED) is 0.747. The van der Waals surface area contributed by atoms with Gasteiger partial charge in [0.05, 0.1) is 0 Å². The van der Waals surface area contributed by atoms with Gasteiger partial charge in [0.2, 0.25) is 5.56 Å². The van der Waals surface area contributed by atoms with Crippen LogP contribution in [0.3, 0.4) is 0 Å². The molecular formula is C17H13NO3. The van der Waals surface area contributed by atoms with Gasteiger partial charge in [0.15, 0.2) is 12.4 Å². The van der Waals surface area contributed by atoms with Gasteiger partial charge in [-0.1, -0.05) is 30.3 Å². The largest absolute Gasteiger partial charge is 0.485 e. The Morgan fingerprint density at radius 1 is 1.00 bits per heavy atom. The van der Waals surface area contributed by atoms with Crippen LogP contribution in [0.25, 0.3) is 10.9 Å². The van der Waals surface area contributed by atoms with Gasteiger partial charge in [-0.05, 0) is 24.3 Å². The lowest BCUT2D eigenvalue weighted by atomic mass is 10.1. The summed E-state index contributed by atoms with van der Waals surface area (Å²) in [5.74, 6) is 0.524. The minimum atomic E-state index is -0.143. The number of benzene rings is 2. The summed E-state index contributed by atoms with van der Waals surface area (Å²) < 4.78 is 5.52. The van der Waals surface area contributed by atoms with E-state index in [9.17, 15) is 9.59 Å². The zero-order valence-electron chi connectivity index (χ0n) is 11.2. The van der Waals surface area contributed by atoms with Crippen molar-refractivity contribution in [2.24, 2.45) is 0 Å². The molecule has 0 aliphatic rings. The van der Waals surface area contributed by atoms with E-state index in [1.165, 1.54) is 6.07 Å². The molecule has 1 N–H and O–H groups in total. The molecule has 3 rings (SSSR count). The topological polar surface area (TPSA) is 59.2 Å². The van der Waals surface area contributed by atoms with Crippen LogP contribution in [0.5, 0.6) is 5.75 Å². The number of Topliss-reactive ketones (excluding diaryl/α,β-unsaturated/α-hetero) is 1. The van der Waals surface area contributed by atoms with E-state index in [1.54, 1.807) is 36.4 Å². The van der Waals surface area contributed by atoms with Crippen molar-refractivity contribution in [3.63, 3.8) is 0 Å². The number of pyridine rings is 1. The first-order chi connectivity index (χ1) is 10.2. The van der Waals surface area contributed by atoms with E-state index in [0.717, 1.165) is 10.9 Å². The van der Waals surface area contributed by atoms with Crippen LogP contribution in [0.1, 0.15) is 10.4 Å². The van der Waals surface area contributed by atoms with Crippen LogP contribution in [0, 0.1) is 0 Å². The summed E-state index contributed by atoms with van der Waals surface area (Å²) in [5.41, 5.74) is 1.22. The van der Waals surface area contributed by atoms with Crippen LogP contribution in [-0.4, -0.2) is 17.4 Å². The first kappa shape index (κ1) is 13.1. The lowest BCUT2D eigenvalue weighted by Crippen LogP contribution is -2.11. The molecule has 0 aliphatic heterocycles. The third-order valence-corrected chi connectivity index (χ3v) is 3.16. The minimum absolute atomic E-state index is 0.0150. The van der Waals surface area contributed by atoms with E-state index in [4.69, 9.17) is 4.74 Å². The molecule has 0 unspecified atom stereocenters. The summed E-state index contributed by atoms with van der Waals surface area (Å²) in [6, 6.07) is 17.5. The Balaban J connectivity index is 1.75. The highest BCUT2D eigenvalue weighted by atomic mass is 16.5. The number of ketones is 1. The van der Waals surface area contributed by atoms with Crippen molar-refractivity contribution in [3.05, 3.63) is 76.6 Å². The van der Waals surface area contributed by atoms with Crippen molar-refractivity contribution in [1.29, 1.82) is 0 Å². The summed E-state index contributed by atoms with van der Waals surface area (Å²) in [4.78, 5) is 25.9. The van der Waals surface area contributed by atoms with Crippen molar-refractivity contribution in [2.45, 2.75) is 0 Å². The molecule has 4 nitrogen and oxygen atoms in total. The Bertz CT molecular complexity index is 837. The smallest absolute Gasteiger partial charge is 0.248 e. The molecule has 0 saturated carbocycles. The maximum Gasteiger partial charge on any atom is 0.248 e. The number of aromatic amines is 1. The lowest BCUT2D eigenvalue weighted by Gasteiger charge is -2.06. The maximum absolute atomic E-state index is 12.0. The standard InChI is InChI=1S/C17H13NO3/c19-16(12-4-2-1-3-5-12)11-21-14-7-8-15-13(10-14)6-9-17(20)18-15/h1-10H,11H2,(H,18,20). The van der Waals surface area contributed by atoms with Gasteiger partial charge in [-0.15, -0.1) is 0 Å². The highest BCUT2D eigenvalue weighted by molar-refractivity contribution is 5.97. The Morgan fingerprint density at radius 3 is 2.62 bits per heavy atom. The fraction of sp³-hybridized carbons (Fsp3) is 0.0588. The highest BCUT2D eigenvalue weighted by Crippen LogP contribution is 2.18. The summed E-state index contributed by atoms with van der Waals surface area (Å²) >= 11 is 0. The Kier molecular flexibility index (Phi) is 3.51. The highest BCUT2D eigenvalue weighted by Gasteiger charge is 2.06. The molecule has 104 valence electrons. The zero-order valence-corrected chi connectivity index (χ0v) is 11.2. The van der Waals surface area contributed by atoms with Crippen molar-refractivity contribution >= 4 is 16.7 Å². The van der Waals surface area contributed by atoms with Gasteiger partial charge in [-0.2, -0.15) is 0 Å². The normalized spacial score (nSPS) is 10.5. The summed E-state index contributed by atoms with van der Waals surface area (Å²) in [5, 5.41) is 0.860. The molecule has 0 fully saturated rings. The molecule has 4 heteroatoms. The predicted molar refractivity (Wildman–Crippen MR) is 80.8 cm³/mol. The van der Waals surface area contributed by atoms with Crippen LogP contribution in [0.2, 0.25) is 0 Å². The molecule has 0 saturated heterocycles. The molecule has 1 heterocycles. The first-order valence-corrected chi connectivity index (χ1v) is 6.56. The van der Waals surface area contributed by atoms with Gasteiger partial charge in [-0.3, -0.25) is 9.59 Å². The van der Waals surface area contributed by atoms with Crippen LogP contribution in [0.15, 0.2) is 65.5 Å². The summed E-state index contributed by atoms with van der Waals surface area (Å²) in [7, 11) is 0. The number of ether oxygens (including phenoxy) is 1. The van der Waals surface area contributed by atoms with Gasteiger partial charge in [0, 0.05) is 22.5 Å². The lowest BCUT2D eigenvalue weighted by molar-refractivity contribution is 0.0921. The number of rotatable bonds is 4. The monoisotopic (exact) mass is 279 g/mol. The second kappa shape index (κ2) is 5.63. The second-order valence-corrected chi connectivity index (χ2v) is 4.65. The van der Waals surface area contributed by atoms with Crippen molar-refractivity contribution in [2.75, 3.05) is 6.61 Å². The number of fused-ring (bicyclic) bond motifs is 1. The third-order valence-electron chi connectivity index (χ3n) is 3.16. The Morgan fingerprint density at radius 2 is 1.81 bits per heavy atom.